The van der Waals surface area contributed by atoms with E-state index in [1.54, 1.807) is 6.20 Å². The smallest absolute Gasteiger partial charge is 0.260 e. The molecule has 3 aromatic carbocycles. The molecule has 0 spiro atoms. The maximum atomic E-state index is 13.5. The van der Waals surface area contributed by atoms with Gasteiger partial charge in [-0.1, -0.05) is 53.8 Å². The predicted octanol–water partition coefficient (Wildman–Crippen LogP) is 6.47. The van der Waals surface area contributed by atoms with E-state index in [1.165, 1.54) is 11.3 Å². The van der Waals surface area contributed by atoms with Crippen LogP contribution < -0.4 is 10.1 Å². The number of hydrogen-bond acceptors (Lipinski definition) is 5. The number of hydrogen-bond donors (Lipinski definition) is 1. The fourth-order valence-electron chi connectivity index (χ4n) is 3.73. The minimum Gasteiger partial charge on any atom is -0.493 e. The molecule has 0 aliphatic carbocycles. The number of anilines is 1. The molecule has 1 N–H and O–H groups in total. The van der Waals surface area contributed by atoms with Crippen molar-refractivity contribution in [3.63, 3.8) is 0 Å². The lowest BCUT2D eigenvalue weighted by molar-refractivity contribution is 0.102. The number of thiazole rings is 1. The molecule has 0 fully saturated rings. The molecule has 0 atom stereocenters. The number of nitrogens with zero attached hydrogens (tertiary/aromatic N) is 2. The van der Waals surface area contributed by atoms with Crippen molar-refractivity contribution in [3.8, 4) is 16.3 Å². The third-order valence-corrected chi connectivity index (χ3v) is 6.35. The van der Waals surface area contributed by atoms with Gasteiger partial charge in [0.2, 0.25) is 0 Å². The van der Waals surface area contributed by atoms with Crippen molar-refractivity contribution < 1.29 is 9.53 Å². The van der Waals surface area contributed by atoms with Crippen molar-refractivity contribution >= 4 is 44.1 Å². The predicted molar refractivity (Wildman–Crippen MR) is 131 cm³/mol. The zero-order chi connectivity index (χ0) is 22.1. The molecule has 6 heteroatoms. The normalized spacial score (nSPS) is 11.1. The largest absolute Gasteiger partial charge is 0.493 e. The van der Waals surface area contributed by atoms with E-state index in [0.29, 0.717) is 17.9 Å². The first-order valence-corrected chi connectivity index (χ1v) is 11.2. The second kappa shape index (κ2) is 8.40. The maximum Gasteiger partial charge on any atom is 0.260 e. The number of rotatable bonds is 5. The zero-order valence-electron chi connectivity index (χ0n) is 17.8. The van der Waals surface area contributed by atoms with Crippen LogP contribution in [0.2, 0.25) is 0 Å². The van der Waals surface area contributed by atoms with Crippen LogP contribution in [0.4, 0.5) is 5.69 Å². The van der Waals surface area contributed by atoms with Gasteiger partial charge in [-0.15, -0.1) is 0 Å². The Morgan fingerprint density at radius 2 is 1.94 bits per heavy atom. The summed E-state index contributed by atoms with van der Waals surface area (Å²) in [4.78, 5) is 23.4. The lowest BCUT2D eigenvalue weighted by Gasteiger charge is -2.15. The number of carbonyl (C=O) groups excluding carboxylic acids is 1. The highest BCUT2D eigenvalue weighted by atomic mass is 32.1. The zero-order valence-corrected chi connectivity index (χ0v) is 18.6. The van der Waals surface area contributed by atoms with E-state index < -0.39 is 0 Å². The molecule has 2 heterocycles. The SMILES string of the molecule is CCOc1ccc2ccccc2c1C(=O)Nc1cc(-c2nc3cccnc3s2)ccc1C. The van der Waals surface area contributed by atoms with Crippen molar-refractivity contribution in [1.29, 1.82) is 0 Å². The molecule has 0 aliphatic heterocycles. The van der Waals surface area contributed by atoms with E-state index in [-0.39, 0.29) is 5.91 Å². The van der Waals surface area contributed by atoms with Crippen molar-refractivity contribution in [1.82, 2.24) is 9.97 Å². The number of benzene rings is 3. The summed E-state index contributed by atoms with van der Waals surface area (Å²) in [5, 5.41) is 5.83. The van der Waals surface area contributed by atoms with Gasteiger partial charge < -0.3 is 10.1 Å². The Morgan fingerprint density at radius 3 is 2.78 bits per heavy atom. The number of aryl methyl sites for hydroxylation is 1. The van der Waals surface area contributed by atoms with Gasteiger partial charge in [-0.2, -0.15) is 0 Å². The van der Waals surface area contributed by atoms with Gasteiger partial charge in [0.1, 0.15) is 21.1 Å². The van der Waals surface area contributed by atoms with E-state index in [0.717, 1.165) is 42.9 Å². The number of amides is 1. The minimum absolute atomic E-state index is 0.198. The Labute approximate surface area is 189 Å². The molecule has 0 saturated carbocycles. The first-order chi connectivity index (χ1) is 15.6. The molecule has 5 nitrogen and oxygen atoms in total. The van der Waals surface area contributed by atoms with Gasteiger partial charge >= 0.3 is 0 Å². The highest BCUT2D eigenvalue weighted by Crippen LogP contribution is 2.33. The first kappa shape index (κ1) is 20.2. The van der Waals surface area contributed by atoms with Gasteiger partial charge in [-0.3, -0.25) is 4.79 Å². The van der Waals surface area contributed by atoms with Gasteiger partial charge in [0.25, 0.3) is 5.91 Å². The number of aromatic nitrogens is 2. The topological polar surface area (TPSA) is 64.1 Å². The van der Waals surface area contributed by atoms with Crippen LogP contribution >= 0.6 is 11.3 Å². The molecule has 5 rings (SSSR count). The van der Waals surface area contributed by atoms with E-state index in [9.17, 15) is 4.79 Å². The van der Waals surface area contributed by atoms with Crippen LogP contribution in [0.3, 0.4) is 0 Å². The molecule has 5 aromatic rings. The molecule has 158 valence electrons. The Bertz CT molecular complexity index is 1430. The summed E-state index contributed by atoms with van der Waals surface area (Å²) in [6.45, 7) is 4.38. The Morgan fingerprint density at radius 1 is 1.06 bits per heavy atom. The van der Waals surface area contributed by atoms with Crippen LogP contribution in [-0.2, 0) is 0 Å². The fourth-order valence-corrected chi connectivity index (χ4v) is 4.63. The van der Waals surface area contributed by atoms with E-state index >= 15 is 0 Å². The maximum absolute atomic E-state index is 13.5. The van der Waals surface area contributed by atoms with Crippen molar-refractivity contribution in [3.05, 3.63) is 84.1 Å². The van der Waals surface area contributed by atoms with Crippen LogP contribution in [0.1, 0.15) is 22.8 Å². The van der Waals surface area contributed by atoms with Crippen molar-refractivity contribution in [2.45, 2.75) is 13.8 Å². The molecule has 0 aliphatic rings. The summed E-state index contributed by atoms with van der Waals surface area (Å²) in [5.74, 6) is 0.381. The molecule has 1 amide bonds. The van der Waals surface area contributed by atoms with Gasteiger partial charge in [0.05, 0.1) is 12.2 Å². The quantitative estimate of drug-likeness (QED) is 0.341. The Balaban J connectivity index is 1.54. The van der Waals surface area contributed by atoms with Crippen LogP contribution in [0.25, 0.3) is 31.7 Å². The lowest BCUT2D eigenvalue weighted by atomic mass is 10.0. The van der Waals surface area contributed by atoms with E-state index in [1.807, 2.05) is 80.6 Å². The molecule has 2 aromatic heterocycles. The van der Waals surface area contributed by atoms with Gasteiger partial charge in [0.15, 0.2) is 0 Å². The first-order valence-electron chi connectivity index (χ1n) is 10.4. The van der Waals surface area contributed by atoms with E-state index in [2.05, 4.69) is 10.3 Å². The average Bonchev–Trinajstić information content (AvgIpc) is 3.25. The molecule has 0 bridgehead atoms. The second-order valence-corrected chi connectivity index (χ2v) is 8.40. The summed E-state index contributed by atoms with van der Waals surface area (Å²) < 4.78 is 5.78. The summed E-state index contributed by atoms with van der Waals surface area (Å²) in [5.41, 5.74) is 4.07. The van der Waals surface area contributed by atoms with Gasteiger partial charge in [-0.25, -0.2) is 9.97 Å². The van der Waals surface area contributed by atoms with Crippen molar-refractivity contribution in [2.75, 3.05) is 11.9 Å². The van der Waals surface area contributed by atoms with Crippen LogP contribution in [0, 0.1) is 6.92 Å². The Hall–Kier alpha value is -3.77. The molecule has 32 heavy (non-hydrogen) atoms. The summed E-state index contributed by atoms with van der Waals surface area (Å²) in [6, 6.07) is 21.5. The summed E-state index contributed by atoms with van der Waals surface area (Å²) >= 11 is 1.54. The van der Waals surface area contributed by atoms with Crippen LogP contribution in [-0.4, -0.2) is 22.5 Å². The highest BCUT2D eigenvalue weighted by molar-refractivity contribution is 7.21. The Kier molecular flexibility index (Phi) is 5.29. The van der Waals surface area contributed by atoms with E-state index in [4.69, 9.17) is 9.72 Å². The minimum atomic E-state index is -0.198. The standard InChI is InChI=1S/C26H21N3O2S/c1-3-31-22-13-12-17-7-4-5-8-19(17)23(22)24(30)28-21-15-18(11-10-16(21)2)25-29-20-9-6-14-27-26(20)32-25/h4-15H,3H2,1-2H3,(H,28,30). The number of ether oxygens (including phenoxy) is 1. The number of fused-ring (bicyclic) bond motifs is 2. The lowest BCUT2D eigenvalue weighted by Crippen LogP contribution is -2.15. The second-order valence-electron chi connectivity index (χ2n) is 7.42. The number of nitrogens with one attached hydrogen (secondary N) is 1. The third kappa shape index (κ3) is 3.69. The fraction of sp³-hybridized carbons (Fsp3) is 0.115. The average molecular weight is 440 g/mol. The molecule has 0 saturated heterocycles. The highest BCUT2D eigenvalue weighted by Gasteiger charge is 2.18. The molecule has 0 unspecified atom stereocenters. The van der Waals surface area contributed by atoms with Gasteiger partial charge in [-0.05, 0) is 54.4 Å². The monoisotopic (exact) mass is 439 g/mol. The summed E-state index contributed by atoms with van der Waals surface area (Å²) in [7, 11) is 0. The summed E-state index contributed by atoms with van der Waals surface area (Å²) in [6.07, 6.45) is 1.77. The third-order valence-electron chi connectivity index (χ3n) is 5.32. The molecule has 0 radical (unpaired) electrons. The van der Waals surface area contributed by atoms with Crippen molar-refractivity contribution in [2.24, 2.45) is 0 Å². The van der Waals surface area contributed by atoms with Crippen LogP contribution in [0.5, 0.6) is 5.75 Å². The molecular formula is C26H21N3O2S. The number of pyridine rings is 1. The van der Waals surface area contributed by atoms with Gasteiger partial charge in [0, 0.05) is 17.4 Å². The van der Waals surface area contributed by atoms with Crippen LogP contribution in [0.15, 0.2) is 72.9 Å². The molecular weight excluding hydrogens is 418 g/mol. The number of carbonyl (C=O) groups is 1.